The zero-order chi connectivity index (χ0) is 26.9. The first-order chi connectivity index (χ1) is 19.2. The molecule has 0 amide bonds. The minimum Gasteiger partial charge on any atom is -0.543 e. The predicted octanol–water partition coefficient (Wildman–Crippen LogP) is 3.88. The summed E-state index contributed by atoms with van der Waals surface area (Å²) in [5.74, 6) is -1.24. The SMILES string of the molecule is O=C([O-])c1ccccn1.[Ir+3].[c-]1ccc2nn(-c3ccccc3)nc2c1.[c-]1ccc2nn(-c3ccccc3)nc2c1. The van der Waals surface area contributed by atoms with Gasteiger partial charge in [0.25, 0.3) is 0 Å². The molecule has 10 heteroatoms. The van der Waals surface area contributed by atoms with Gasteiger partial charge in [0.05, 0.1) is 23.0 Å². The van der Waals surface area contributed by atoms with E-state index in [4.69, 9.17) is 0 Å². The van der Waals surface area contributed by atoms with Crippen LogP contribution in [0, 0.1) is 12.1 Å². The Kier molecular flexibility index (Phi) is 9.55. The maximum absolute atomic E-state index is 10.0. The molecule has 0 saturated carbocycles. The average Bonchev–Trinajstić information content (AvgIpc) is 3.64. The zero-order valence-electron chi connectivity index (χ0n) is 20.8. The van der Waals surface area contributed by atoms with E-state index in [1.54, 1.807) is 21.7 Å². The number of nitrogens with zero attached hydrogens (tertiary/aromatic N) is 7. The van der Waals surface area contributed by atoms with Crippen LogP contribution in [-0.2, 0) is 20.1 Å². The smallest absolute Gasteiger partial charge is 0.543 e. The number of hydrogen-bond acceptors (Lipinski definition) is 7. The van der Waals surface area contributed by atoms with Gasteiger partial charge < -0.3 is 9.90 Å². The van der Waals surface area contributed by atoms with Gasteiger partial charge >= 0.3 is 20.1 Å². The summed E-state index contributed by atoms with van der Waals surface area (Å²) in [6, 6.07) is 41.5. The van der Waals surface area contributed by atoms with Crippen LogP contribution in [0.15, 0.2) is 121 Å². The molecule has 7 rings (SSSR count). The van der Waals surface area contributed by atoms with E-state index in [9.17, 15) is 9.90 Å². The molecule has 3 aromatic heterocycles. The molecule has 9 nitrogen and oxygen atoms in total. The average molecular weight is 703 g/mol. The molecule has 0 spiro atoms. The number of benzene rings is 4. The molecule has 0 aliphatic carbocycles. The van der Waals surface area contributed by atoms with E-state index in [2.05, 4.69) is 37.5 Å². The Balaban J connectivity index is 0.000000142. The van der Waals surface area contributed by atoms with E-state index in [1.807, 2.05) is 97.1 Å². The third-order valence-corrected chi connectivity index (χ3v) is 5.30. The fourth-order valence-electron chi connectivity index (χ4n) is 3.45. The van der Waals surface area contributed by atoms with Crippen molar-refractivity contribution in [2.75, 3.05) is 0 Å². The van der Waals surface area contributed by atoms with Gasteiger partial charge in [0.15, 0.2) is 0 Å². The van der Waals surface area contributed by atoms with Crippen LogP contribution in [0.3, 0.4) is 0 Å². The molecule has 0 N–H and O–H groups in total. The number of aromatic carboxylic acids is 1. The van der Waals surface area contributed by atoms with Gasteiger partial charge in [-0.25, -0.2) is 10.2 Å². The van der Waals surface area contributed by atoms with E-state index in [0.29, 0.717) is 0 Å². The summed E-state index contributed by atoms with van der Waals surface area (Å²) < 4.78 is 0. The maximum atomic E-state index is 10.0. The summed E-state index contributed by atoms with van der Waals surface area (Å²) in [7, 11) is 0. The monoisotopic (exact) mass is 703 g/mol. The zero-order valence-corrected chi connectivity index (χ0v) is 23.2. The van der Waals surface area contributed by atoms with Crippen molar-refractivity contribution in [3.8, 4) is 11.4 Å². The van der Waals surface area contributed by atoms with Crippen molar-refractivity contribution >= 4 is 28.0 Å². The van der Waals surface area contributed by atoms with Crippen LogP contribution < -0.4 is 5.11 Å². The summed E-state index contributed by atoms with van der Waals surface area (Å²) in [4.78, 5) is 16.8. The second-order valence-corrected chi connectivity index (χ2v) is 7.98. The van der Waals surface area contributed by atoms with Crippen molar-refractivity contribution in [3.05, 3.63) is 139 Å². The van der Waals surface area contributed by atoms with Crippen molar-refractivity contribution in [1.29, 1.82) is 0 Å². The summed E-state index contributed by atoms with van der Waals surface area (Å²) >= 11 is 0. The van der Waals surface area contributed by atoms with Gasteiger partial charge in [-0.05, 0) is 36.4 Å². The molecule has 0 unspecified atom stereocenters. The van der Waals surface area contributed by atoms with Crippen LogP contribution in [0.25, 0.3) is 33.4 Å². The fourth-order valence-corrected chi connectivity index (χ4v) is 3.45. The second kappa shape index (κ2) is 13.7. The van der Waals surface area contributed by atoms with Crippen molar-refractivity contribution in [2.24, 2.45) is 0 Å². The molecule has 0 atom stereocenters. The van der Waals surface area contributed by atoms with Crippen molar-refractivity contribution in [3.63, 3.8) is 0 Å². The molecule has 196 valence electrons. The Bertz CT molecular complexity index is 1620. The Hall–Kier alpha value is -5.05. The number of hydrogen-bond donors (Lipinski definition) is 0. The molecule has 0 aliphatic rings. The summed E-state index contributed by atoms with van der Waals surface area (Å²) in [5, 5.41) is 27.5. The number of para-hydroxylation sites is 2. The third-order valence-electron chi connectivity index (χ3n) is 5.30. The first-order valence-electron chi connectivity index (χ1n) is 11.9. The normalized spacial score (nSPS) is 10.0. The standard InChI is InChI=1S/2C12H8N3.C6H5NO2.Ir/c2*1-2-6-10(7-3-1)15-13-11-8-4-5-9-12(11)14-15;8-6(9)5-3-1-2-4-7-5;/h2*1-4,6-9H;1-4H,(H,8,9);/q2*-1;;+3/p-1. The minimum atomic E-state index is -1.24. The van der Waals surface area contributed by atoms with Gasteiger partial charge in [-0.1, -0.05) is 42.5 Å². The van der Waals surface area contributed by atoms with Gasteiger partial charge in [0, 0.05) is 28.3 Å². The number of carboxylic acids is 1. The first kappa shape index (κ1) is 28.0. The Morgan fingerprint density at radius 3 is 1.43 bits per heavy atom. The molecule has 0 saturated heterocycles. The van der Waals surface area contributed by atoms with E-state index in [0.717, 1.165) is 33.4 Å². The number of aromatic nitrogens is 7. The van der Waals surface area contributed by atoms with Crippen LogP contribution >= 0.6 is 0 Å². The van der Waals surface area contributed by atoms with Crippen molar-refractivity contribution in [1.82, 2.24) is 35.0 Å². The van der Waals surface area contributed by atoms with Crippen molar-refractivity contribution < 1.29 is 30.0 Å². The largest absolute Gasteiger partial charge is 3.00 e. The second-order valence-electron chi connectivity index (χ2n) is 7.98. The molecular formula is C30H20IrN7O2. The molecule has 0 bridgehead atoms. The third kappa shape index (κ3) is 7.07. The Morgan fingerprint density at radius 2 is 1.05 bits per heavy atom. The van der Waals surface area contributed by atoms with Crippen LogP contribution in [0.5, 0.6) is 0 Å². The summed E-state index contributed by atoms with van der Waals surface area (Å²) in [5.41, 5.74) is 5.40. The van der Waals surface area contributed by atoms with E-state index >= 15 is 0 Å². The van der Waals surface area contributed by atoms with Gasteiger partial charge in [0.2, 0.25) is 0 Å². The first-order valence-corrected chi connectivity index (χ1v) is 11.9. The number of fused-ring (bicyclic) bond motifs is 2. The quantitative estimate of drug-likeness (QED) is 0.257. The van der Waals surface area contributed by atoms with Gasteiger partial charge in [-0.3, -0.25) is 4.98 Å². The molecule has 40 heavy (non-hydrogen) atoms. The summed E-state index contributed by atoms with van der Waals surface area (Å²) in [6.45, 7) is 0. The van der Waals surface area contributed by atoms with Gasteiger partial charge in [-0.15, -0.1) is 24.3 Å². The molecule has 4 aromatic carbocycles. The van der Waals surface area contributed by atoms with Crippen molar-refractivity contribution in [2.45, 2.75) is 0 Å². The van der Waals surface area contributed by atoms with Crippen LogP contribution in [0.2, 0.25) is 0 Å². The molecule has 0 aliphatic heterocycles. The van der Waals surface area contributed by atoms with Gasteiger partial charge in [0.1, 0.15) is 0 Å². The molecule has 7 aromatic rings. The Morgan fingerprint density at radius 1 is 0.600 bits per heavy atom. The van der Waals surface area contributed by atoms with E-state index in [1.165, 1.54) is 12.3 Å². The van der Waals surface area contributed by atoms with Gasteiger partial charge in [-0.2, -0.15) is 44.1 Å². The van der Waals surface area contributed by atoms with E-state index < -0.39 is 5.97 Å². The number of carboxylic acid groups (broad SMARTS) is 1. The fraction of sp³-hybridized carbons (Fsp3) is 0. The molecule has 3 heterocycles. The minimum absolute atomic E-state index is 0. The predicted molar refractivity (Wildman–Crippen MR) is 144 cm³/mol. The molecule has 0 fully saturated rings. The number of carbonyl (C=O) groups is 1. The van der Waals surface area contributed by atoms with Crippen LogP contribution in [0.1, 0.15) is 10.5 Å². The maximum Gasteiger partial charge on any atom is 3.00 e. The molecule has 0 radical (unpaired) electrons. The topological polar surface area (TPSA) is 114 Å². The van der Waals surface area contributed by atoms with Crippen LogP contribution in [-0.4, -0.2) is 40.9 Å². The van der Waals surface area contributed by atoms with E-state index in [-0.39, 0.29) is 25.8 Å². The summed E-state index contributed by atoms with van der Waals surface area (Å²) in [6.07, 6.45) is 1.41. The Labute approximate surface area is 243 Å². The number of pyridine rings is 1. The molecular weight excluding hydrogens is 683 g/mol. The number of rotatable bonds is 3. The number of carbonyl (C=O) groups excluding carboxylic acids is 1. The van der Waals surface area contributed by atoms with Crippen LogP contribution in [0.4, 0.5) is 0 Å².